The van der Waals surface area contributed by atoms with Crippen molar-refractivity contribution < 1.29 is 24.4 Å². The van der Waals surface area contributed by atoms with Crippen molar-refractivity contribution in [3.05, 3.63) is 76.8 Å². The minimum atomic E-state index is -1.16. The molecule has 3 saturated heterocycles. The van der Waals surface area contributed by atoms with Crippen LogP contribution in [-0.4, -0.2) is 58.0 Å². The molecule has 0 spiro atoms. The van der Waals surface area contributed by atoms with Crippen LogP contribution in [0.2, 0.25) is 0 Å². The molecule has 1 aliphatic carbocycles. The minimum absolute atomic E-state index is 0.0520. The van der Waals surface area contributed by atoms with Crippen LogP contribution < -0.4 is 0 Å². The number of imide groups is 1. The molecule has 0 radical (unpaired) electrons. The van der Waals surface area contributed by atoms with Gasteiger partial charge in [-0.2, -0.15) is 0 Å². The smallest absolute Gasteiger partial charge is 0.487 e. The second-order valence-electron chi connectivity index (χ2n) is 11.9. The number of carbonyl (C=O) groups excluding carboxylic acids is 2. The first-order valence-corrected chi connectivity index (χ1v) is 14.3. The molecule has 4 atom stereocenters. The normalized spacial score (nSPS) is 28.3. The molecule has 2 aromatic rings. The molecular weight excluding hydrogens is 491 g/mol. The number of allylic oxidation sites excluding steroid dienone is 2. The fourth-order valence-corrected chi connectivity index (χ4v) is 7.42. The van der Waals surface area contributed by atoms with Gasteiger partial charge in [-0.3, -0.25) is 19.4 Å². The van der Waals surface area contributed by atoms with E-state index in [4.69, 9.17) is 4.65 Å². The van der Waals surface area contributed by atoms with Crippen LogP contribution in [-0.2, 0) is 20.8 Å². The molecule has 2 amide bonds. The number of nitrogens with zero attached hydrogens (tertiary/aromatic N) is 2. The summed E-state index contributed by atoms with van der Waals surface area (Å²) < 4.78 is 6.04. The van der Waals surface area contributed by atoms with Gasteiger partial charge in [0.05, 0.1) is 17.9 Å². The minimum Gasteiger partial charge on any atom is -0.508 e. The fourth-order valence-electron chi connectivity index (χ4n) is 7.42. The quantitative estimate of drug-likeness (QED) is 0.449. The molecular formula is C31H37BN2O5. The second kappa shape index (κ2) is 10.6. The number of likely N-dealkylation sites (tertiary alicyclic amines) is 2. The summed E-state index contributed by atoms with van der Waals surface area (Å²) in [7, 11) is -1.16. The van der Waals surface area contributed by atoms with Crippen LogP contribution in [0.3, 0.4) is 0 Å². The van der Waals surface area contributed by atoms with Gasteiger partial charge in [0.25, 0.3) is 0 Å². The van der Waals surface area contributed by atoms with Gasteiger partial charge in [-0.15, -0.1) is 0 Å². The van der Waals surface area contributed by atoms with Crippen molar-refractivity contribution in [2.45, 2.75) is 58.2 Å². The maximum Gasteiger partial charge on any atom is 0.487 e. The molecule has 3 fully saturated rings. The SMILES string of the molecule is CC(C)C1=C2B(O)O[C@H](c3ccccc3O)C[C@H]2[C@H]2C(=O)N(C3CCN(Cc4ccccc4)CC3)C(=O)[C@H]2C1. The van der Waals surface area contributed by atoms with Crippen molar-refractivity contribution in [3.63, 3.8) is 0 Å². The highest BCUT2D eigenvalue weighted by Crippen LogP contribution is 2.53. The molecule has 0 bridgehead atoms. The van der Waals surface area contributed by atoms with Gasteiger partial charge in [0.15, 0.2) is 0 Å². The maximum absolute atomic E-state index is 14.1. The highest BCUT2D eigenvalue weighted by molar-refractivity contribution is 6.53. The van der Waals surface area contributed by atoms with E-state index in [0.717, 1.165) is 43.5 Å². The number of phenols is 1. The van der Waals surface area contributed by atoms with Gasteiger partial charge in [-0.05, 0) is 54.6 Å². The summed E-state index contributed by atoms with van der Waals surface area (Å²) in [4.78, 5) is 31.9. The number of hydrogen-bond donors (Lipinski definition) is 2. The monoisotopic (exact) mass is 528 g/mol. The number of amides is 2. The van der Waals surface area contributed by atoms with Gasteiger partial charge in [0, 0.05) is 31.2 Å². The van der Waals surface area contributed by atoms with Crippen molar-refractivity contribution in [1.29, 1.82) is 0 Å². The summed E-state index contributed by atoms with van der Waals surface area (Å²) in [6.07, 6.45) is 1.93. The molecule has 8 heteroatoms. The summed E-state index contributed by atoms with van der Waals surface area (Å²) in [5.74, 6) is -1.11. The van der Waals surface area contributed by atoms with Crippen molar-refractivity contribution in [3.8, 4) is 5.75 Å². The van der Waals surface area contributed by atoms with E-state index in [1.54, 1.807) is 23.1 Å². The molecule has 3 aliphatic heterocycles. The Kier molecular flexibility index (Phi) is 7.12. The van der Waals surface area contributed by atoms with Gasteiger partial charge in [0.1, 0.15) is 5.75 Å². The van der Waals surface area contributed by atoms with Crippen LogP contribution in [0.15, 0.2) is 65.6 Å². The lowest BCUT2D eigenvalue weighted by Gasteiger charge is -2.43. The van der Waals surface area contributed by atoms with Gasteiger partial charge < -0.3 is 14.8 Å². The summed E-state index contributed by atoms with van der Waals surface area (Å²) in [6, 6.07) is 17.3. The van der Waals surface area contributed by atoms with Gasteiger partial charge in [-0.25, -0.2) is 0 Å². The Bertz CT molecular complexity index is 1270. The average Bonchev–Trinajstić information content (AvgIpc) is 3.19. The van der Waals surface area contributed by atoms with Gasteiger partial charge >= 0.3 is 7.12 Å². The number of aromatic hydroxyl groups is 1. The second-order valence-corrected chi connectivity index (χ2v) is 11.9. The highest BCUT2D eigenvalue weighted by atomic mass is 16.5. The van der Waals surface area contributed by atoms with Crippen LogP contribution in [0, 0.1) is 23.7 Å². The van der Waals surface area contributed by atoms with Crippen molar-refractivity contribution in [2.24, 2.45) is 23.7 Å². The van der Waals surface area contributed by atoms with E-state index >= 15 is 0 Å². The largest absolute Gasteiger partial charge is 0.508 e. The lowest BCUT2D eigenvalue weighted by atomic mass is 9.54. The Hall–Kier alpha value is -2.94. The zero-order valence-corrected chi connectivity index (χ0v) is 22.7. The molecule has 0 unspecified atom stereocenters. The zero-order chi connectivity index (χ0) is 27.3. The Labute approximate surface area is 230 Å². The topological polar surface area (TPSA) is 90.3 Å². The summed E-state index contributed by atoms with van der Waals surface area (Å²) in [5.41, 5.74) is 3.68. The number of phenolic OH excluding ortho intramolecular Hbond substituents is 1. The first-order valence-electron chi connectivity index (χ1n) is 14.3. The molecule has 3 heterocycles. The molecule has 6 rings (SSSR count). The third-order valence-electron chi connectivity index (χ3n) is 9.33. The molecule has 39 heavy (non-hydrogen) atoms. The van der Waals surface area contributed by atoms with Crippen LogP contribution in [0.25, 0.3) is 0 Å². The number of rotatable bonds is 5. The molecule has 0 aromatic heterocycles. The third kappa shape index (κ3) is 4.73. The number of para-hydroxylation sites is 1. The van der Waals surface area contributed by atoms with E-state index in [1.807, 2.05) is 12.1 Å². The van der Waals surface area contributed by atoms with E-state index in [0.29, 0.717) is 18.4 Å². The summed E-state index contributed by atoms with van der Waals surface area (Å²) in [6.45, 7) is 6.71. The summed E-state index contributed by atoms with van der Waals surface area (Å²) >= 11 is 0. The standard InChI is InChI=1S/C31H37BN2O5/c1-19(2)23-16-25-28(24-17-27(39-32(38)29(23)24)22-10-6-7-11-26(22)35)31(37)34(30(25)36)21-12-14-33(15-13-21)18-20-8-4-3-5-9-20/h3-11,19,21,24-25,27-28,35,38H,12-18H2,1-2H3/t24-,25-,27-,28+/m0/s1. The number of fused-ring (bicyclic) bond motifs is 3. The molecule has 0 saturated carbocycles. The molecule has 7 nitrogen and oxygen atoms in total. The van der Waals surface area contributed by atoms with Crippen LogP contribution >= 0.6 is 0 Å². The van der Waals surface area contributed by atoms with Crippen molar-refractivity contribution in [2.75, 3.05) is 13.1 Å². The molecule has 4 aliphatic rings. The highest BCUT2D eigenvalue weighted by Gasteiger charge is 2.59. The number of piperidine rings is 1. The molecule has 2 aromatic carbocycles. The number of carbonyl (C=O) groups is 2. The predicted molar refractivity (Wildman–Crippen MR) is 148 cm³/mol. The zero-order valence-electron chi connectivity index (χ0n) is 22.7. The lowest BCUT2D eigenvalue weighted by Crippen LogP contribution is -2.48. The van der Waals surface area contributed by atoms with Gasteiger partial charge in [0.2, 0.25) is 11.8 Å². The first kappa shape index (κ1) is 26.3. The van der Waals surface area contributed by atoms with E-state index in [1.165, 1.54) is 5.56 Å². The maximum atomic E-state index is 14.1. The van der Waals surface area contributed by atoms with Crippen LogP contribution in [0.4, 0.5) is 0 Å². The Morgan fingerprint density at radius 2 is 1.67 bits per heavy atom. The van der Waals surface area contributed by atoms with E-state index < -0.39 is 25.1 Å². The molecule has 204 valence electrons. The van der Waals surface area contributed by atoms with Crippen molar-refractivity contribution >= 4 is 18.9 Å². The van der Waals surface area contributed by atoms with E-state index in [2.05, 4.69) is 43.0 Å². The number of benzene rings is 2. The van der Waals surface area contributed by atoms with Crippen molar-refractivity contribution in [1.82, 2.24) is 9.80 Å². The van der Waals surface area contributed by atoms with E-state index in [-0.39, 0.29) is 35.4 Å². The third-order valence-corrected chi connectivity index (χ3v) is 9.33. The fraction of sp³-hybridized carbons (Fsp3) is 0.484. The van der Waals surface area contributed by atoms with Crippen LogP contribution in [0.5, 0.6) is 5.75 Å². The number of hydrogen-bond acceptors (Lipinski definition) is 6. The Balaban J connectivity index is 1.24. The predicted octanol–water partition coefficient (Wildman–Crippen LogP) is 4.11. The van der Waals surface area contributed by atoms with Crippen LogP contribution in [0.1, 0.15) is 56.8 Å². The summed E-state index contributed by atoms with van der Waals surface area (Å²) in [5, 5.41) is 21.7. The lowest BCUT2D eigenvalue weighted by molar-refractivity contribution is -0.144. The van der Waals surface area contributed by atoms with Gasteiger partial charge in [-0.1, -0.05) is 68.0 Å². The average molecular weight is 528 g/mol. The Morgan fingerprint density at radius 3 is 2.36 bits per heavy atom. The molecule has 2 N–H and O–H groups in total. The first-order chi connectivity index (χ1) is 18.8. The van der Waals surface area contributed by atoms with E-state index in [9.17, 15) is 19.7 Å². The Morgan fingerprint density at radius 1 is 0.974 bits per heavy atom.